The van der Waals surface area contributed by atoms with Crippen LogP contribution in [0.25, 0.3) is 11.5 Å². The summed E-state index contributed by atoms with van der Waals surface area (Å²) in [5, 5.41) is 0. The molecule has 0 atom stereocenters. The molecule has 0 unspecified atom stereocenters. The van der Waals surface area contributed by atoms with E-state index in [1.807, 2.05) is 0 Å². The Bertz CT molecular complexity index is 252. The first-order valence-corrected chi connectivity index (χ1v) is 2.85. The van der Waals surface area contributed by atoms with Crippen molar-refractivity contribution in [2.75, 3.05) is 0 Å². The molecule has 0 aliphatic rings. The molecule has 1 N–H and O–H groups in total. The molecule has 0 saturated carbocycles. The van der Waals surface area contributed by atoms with Crippen LogP contribution in [0.1, 0.15) is 0 Å². The molecule has 0 saturated heterocycles. The third-order valence-electron chi connectivity index (χ3n) is 1.17. The highest BCUT2D eigenvalue weighted by molar-refractivity contribution is 5.45. The van der Waals surface area contributed by atoms with Gasteiger partial charge in [0.1, 0.15) is 12.0 Å². The first-order chi connectivity index (χ1) is 4.97. The van der Waals surface area contributed by atoms with Crippen LogP contribution in [0, 0.1) is 0 Å². The van der Waals surface area contributed by atoms with Crippen molar-refractivity contribution in [2.45, 2.75) is 0 Å². The van der Waals surface area contributed by atoms with Crippen molar-refractivity contribution in [2.24, 2.45) is 0 Å². The van der Waals surface area contributed by atoms with E-state index in [2.05, 4.69) is 15.0 Å². The Balaban J connectivity index is 2.48. The molecule has 2 rings (SSSR count). The third-order valence-corrected chi connectivity index (χ3v) is 1.17. The average molecular weight is 135 g/mol. The van der Waals surface area contributed by atoms with Gasteiger partial charge in [0, 0.05) is 12.4 Å². The number of hydrogen-bond donors (Lipinski definition) is 1. The van der Waals surface area contributed by atoms with Gasteiger partial charge in [-0.05, 0) is 0 Å². The topological polar surface area (TPSA) is 54.7 Å². The number of rotatable bonds is 1. The molecule has 0 bridgehead atoms. The van der Waals surface area contributed by atoms with Crippen LogP contribution in [0.3, 0.4) is 0 Å². The van der Waals surface area contributed by atoms with Crippen molar-refractivity contribution in [3.63, 3.8) is 0 Å². The largest absolute Gasteiger partial charge is 0.451 e. The smallest absolute Gasteiger partial charge is 0.181 e. The Kier molecular flexibility index (Phi) is 1.04. The fraction of sp³-hybridized carbons (Fsp3) is 0. The molecule has 4 nitrogen and oxygen atoms in total. The Morgan fingerprint density at radius 1 is 1.40 bits per heavy atom. The summed E-state index contributed by atoms with van der Waals surface area (Å²) in [5.74, 6) is 0.730. The van der Waals surface area contributed by atoms with Crippen molar-refractivity contribution in [1.29, 1.82) is 0 Å². The molecule has 2 aromatic heterocycles. The highest BCUT2D eigenvalue weighted by Gasteiger charge is 1.99. The lowest BCUT2D eigenvalue weighted by Gasteiger charge is -1.82. The lowest BCUT2D eigenvalue weighted by atomic mass is 10.5. The van der Waals surface area contributed by atoms with Gasteiger partial charge in [0.05, 0.1) is 0 Å². The summed E-state index contributed by atoms with van der Waals surface area (Å²) in [5.41, 5.74) is 0.727. The normalized spacial score (nSPS) is 10.0. The molecule has 0 aromatic carbocycles. The summed E-state index contributed by atoms with van der Waals surface area (Å²) in [6, 6.07) is 0. The summed E-state index contributed by atoms with van der Waals surface area (Å²) in [4.78, 5) is 10.8. The Morgan fingerprint density at radius 2 is 2.40 bits per heavy atom. The molecule has 0 amide bonds. The molecule has 2 aromatic rings. The van der Waals surface area contributed by atoms with Gasteiger partial charge in [-0.2, -0.15) is 0 Å². The van der Waals surface area contributed by atoms with E-state index in [4.69, 9.17) is 4.42 Å². The van der Waals surface area contributed by atoms with E-state index in [0.717, 1.165) is 11.5 Å². The zero-order valence-electron chi connectivity index (χ0n) is 5.11. The maximum atomic E-state index is 4.77. The van der Waals surface area contributed by atoms with Gasteiger partial charge in [-0.25, -0.2) is 9.97 Å². The fourth-order valence-electron chi connectivity index (χ4n) is 0.735. The Hall–Kier alpha value is -1.58. The number of nitrogens with one attached hydrogen (secondary N) is 1. The summed E-state index contributed by atoms with van der Waals surface area (Å²) in [6.07, 6.45) is 6.32. The SMILES string of the molecule is c1c[nH]c(-c2cocn2)n1. The predicted molar refractivity (Wildman–Crippen MR) is 34.1 cm³/mol. The average Bonchev–Trinajstić information content (AvgIpc) is 2.59. The fourth-order valence-corrected chi connectivity index (χ4v) is 0.735. The van der Waals surface area contributed by atoms with Crippen LogP contribution in [0.2, 0.25) is 0 Å². The van der Waals surface area contributed by atoms with Crippen molar-refractivity contribution in [1.82, 2.24) is 15.0 Å². The van der Waals surface area contributed by atoms with Crippen LogP contribution in [-0.4, -0.2) is 15.0 Å². The van der Waals surface area contributed by atoms with Gasteiger partial charge >= 0.3 is 0 Å². The van der Waals surface area contributed by atoms with E-state index in [0.29, 0.717) is 0 Å². The second-order valence-corrected chi connectivity index (χ2v) is 1.81. The molecule has 0 spiro atoms. The van der Waals surface area contributed by atoms with Crippen molar-refractivity contribution in [3.05, 3.63) is 25.1 Å². The summed E-state index contributed by atoms with van der Waals surface area (Å²) in [6.45, 7) is 0. The van der Waals surface area contributed by atoms with Crippen LogP contribution < -0.4 is 0 Å². The molecule has 0 fully saturated rings. The summed E-state index contributed by atoms with van der Waals surface area (Å²) in [7, 11) is 0. The molecular weight excluding hydrogens is 130 g/mol. The first-order valence-electron chi connectivity index (χ1n) is 2.85. The quantitative estimate of drug-likeness (QED) is 0.636. The van der Waals surface area contributed by atoms with Crippen LogP contribution in [-0.2, 0) is 0 Å². The number of aromatic amines is 1. The number of imidazole rings is 1. The molecular formula is C6H5N3O. The molecule has 2 heterocycles. The van der Waals surface area contributed by atoms with Gasteiger partial charge in [-0.3, -0.25) is 0 Å². The number of H-pyrrole nitrogens is 1. The lowest BCUT2D eigenvalue weighted by Crippen LogP contribution is -1.77. The van der Waals surface area contributed by atoms with Crippen LogP contribution >= 0.6 is 0 Å². The standard InChI is InChI=1S/C6H5N3O/c1-2-8-6(7-1)5-3-10-4-9-5/h1-4H,(H,7,8). The first kappa shape index (κ1) is 5.22. The molecule has 0 radical (unpaired) electrons. The molecule has 0 aliphatic carbocycles. The minimum Gasteiger partial charge on any atom is -0.451 e. The predicted octanol–water partition coefficient (Wildman–Crippen LogP) is 1.06. The van der Waals surface area contributed by atoms with E-state index in [-0.39, 0.29) is 0 Å². The zero-order chi connectivity index (χ0) is 6.81. The highest BCUT2D eigenvalue weighted by atomic mass is 16.3. The van der Waals surface area contributed by atoms with Crippen molar-refractivity contribution in [3.8, 4) is 11.5 Å². The summed E-state index contributed by atoms with van der Waals surface area (Å²) < 4.78 is 4.77. The van der Waals surface area contributed by atoms with Crippen LogP contribution in [0.4, 0.5) is 0 Å². The molecule has 0 aliphatic heterocycles. The van der Waals surface area contributed by atoms with E-state index in [1.54, 1.807) is 18.7 Å². The molecule has 4 heteroatoms. The molecule has 50 valence electrons. The van der Waals surface area contributed by atoms with E-state index >= 15 is 0 Å². The highest BCUT2D eigenvalue weighted by Crippen LogP contribution is 2.08. The van der Waals surface area contributed by atoms with E-state index in [1.165, 1.54) is 6.39 Å². The van der Waals surface area contributed by atoms with Gasteiger partial charge in [0.2, 0.25) is 0 Å². The van der Waals surface area contributed by atoms with Crippen LogP contribution in [0.15, 0.2) is 29.5 Å². The number of nitrogens with zero attached hydrogens (tertiary/aromatic N) is 2. The second-order valence-electron chi connectivity index (χ2n) is 1.81. The number of hydrogen-bond acceptors (Lipinski definition) is 3. The second kappa shape index (κ2) is 1.98. The van der Waals surface area contributed by atoms with Crippen molar-refractivity contribution >= 4 is 0 Å². The molecule has 10 heavy (non-hydrogen) atoms. The monoisotopic (exact) mass is 135 g/mol. The van der Waals surface area contributed by atoms with Gasteiger partial charge in [0.25, 0.3) is 0 Å². The van der Waals surface area contributed by atoms with Gasteiger partial charge in [-0.15, -0.1) is 0 Å². The Labute approximate surface area is 56.9 Å². The number of aromatic nitrogens is 3. The minimum absolute atomic E-state index is 0.727. The van der Waals surface area contributed by atoms with Crippen LogP contribution in [0.5, 0.6) is 0 Å². The lowest BCUT2D eigenvalue weighted by molar-refractivity contribution is 0.558. The third kappa shape index (κ3) is 0.699. The Morgan fingerprint density at radius 3 is 3.00 bits per heavy atom. The van der Waals surface area contributed by atoms with Crippen molar-refractivity contribution < 1.29 is 4.42 Å². The minimum atomic E-state index is 0.727. The van der Waals surface area contributed by atoms with Gasteiger partial charge in [0.15, 0.2) is 12.2 Å². The van der Waals surface area contributed by atoms with E-state index < -0.39 is 0 Å². The summed E-state index contributed by atoms with van der Waals surface area (Å²) >= 11 is 0. The maximum Gasteiger partial charge on any atom is 0.181 e. The van der Waals surface area contributed by atoms with E-state index in [9.17, 15) is 0 Å². The maximum absolute atomic E-state index is 4.77. The van der Waals surface area contributed by atoms with Gasteiger partial charge in [-0.1, -0.05) is 0 Å². The number of oxazole rings is 1. The zero-order valence-corrected chi connectivity index (χ0v) is 5.11. The van der Waals surface area contributed by atoms with Gasteiger partial charge < -0.3 is 9.40 Å².